The fraction of sp³-hybridized carbons (Fsp3) is 0.391. The first kappa shape index (κ1) is 20.5. The number of carbonyl (C=O) groups is 2. The second-order valence-electron chi connectivity index (χ2n) is 8.61. The highest BCUT2D eigenvalue weighted by Crippen LogP contribution is 2.42. The minimum absolute atomic E-state index is 0.00539. The zero-order valence-corrected chi connectivity index (χ0v) is 18.0. The van der Waals surface area contributed by atoms with Gasteiger partial charge in [-0.05, 0) is 60.2 Å². The van der Waals surface area contributed by atoms with Crippen LogP contribution in [0.25, 0.3) is 0 Å². The van der Waals surface area contributed by atoms with Crippen molar-refractivity contribution < 1.29 is 9.59 Å². The van der Waals surface area contributed by atoms with Crippen molar-refractivity contribution in [3.05, 3.63) is 59.2 Å². The van der Waals surface area contributed by atoms with E-state index in [4.69, 9.17) is 0 Å². The third-order valence-electron chi connectivity index (χ3n) is 4.78. The first-order valence-corrected chi connectivity index (χ1v) is 10.6. The van der Waals surface area contributed by atoms with Crippen LogP contribution in [0.3, 0.4) is 0 Å². The van der Waals surface area contributed by atoms with Crippen molar-refractivity contribution in [3.8, 4) is 0 Å². The molecule has 1 heterocycles. The minimum atomic E-state index is -0.0888. The number of anilines is 2. The zero-order valence-electron chi connectivity index (χ0n) is 17.2. The summed E-state index contributed by atoms with van der Waals surface area (Å²) in [5, 5.41) is 2.90. The van der Waals surface area contributed by atoms with E-state index in [9.17, 15) is 9.59 Å². The van der Waals surface area contributed by atoms with Crippen molar-refractivity contribution >= 4 is 35.0 Å². The highest BCUT2D eigenvalue weighted by Gasteiger charge is 2.34. The maximum atomic E-state index is 12.6. The molecule has 1 aliphatic heterocycles. The molecule has 1 fully saturated rings. The lowest BCUT2D eigenvalue weighted by Crippen LogP contribution is -2.28. The molecule has 2 amide bonds. The molecular formula is C23H28N2O2S. The van der Waals surface area contributed by atoms with Crippen LogP contribution in [0.4, 0.5) is 11.4 Å². The second kappa shape index (κ2) is 8.00. The van der Waals surface area contributed by atoms with Crippen LogP contribution >= 0.6 is 11.8 Å². The van der Waals surface area contributed by atoms with Gasteiger partial charge in [0, 0.05) is 17.8 Å². The fourth-order valence-corrected chi connectivity index (χ4v) is 4.45. The molecule has 0 aliphatic carbocycles. The summed E-state index contributed by atoms with van der Waals surface area (Å²) in [6, 6.07) is 14.0. The summed E-state index contributed by atoms with van der Waals surface area (Å²) in [4.78, 5) is 26.8. The Kier molecular flexibility index (Phi) is 5.84. The molecule has 5 heteroatoms. The summed E-state index contributed by atoms with van der Waals surface area (Å²) in [6.07, 6.45) is 0.461. The third-order valence-corrected chi connectivity index (χ3v) is 6.00. The Labute approximate surface area is 171 Å². The summed E-state index contributed by atoms with van der Waals surface area (Å²) in [7, 11) is 0. The molecule has 0 unspecified atom stereocenters. The first-order chi connectivity index (χ1) is 13.1. The van der Waals surface area contributed by atoms with E-state index in [0.717, 1.165) is 16.9 Å². The average Bonchev–Trinajstić information content (AvgIpc) is 2.97. The van der Waals surface area contributed by atoms with E-state index < -0.39 is 0 Å². The lowest BCUT2D eigenvalue weighted by molar-refractivity contribution is -0.118. The fourth-order valence-electron chi connectivity index (χ4n) is 3.28. The Morgan fingerprint density at radius 3 is 2.57 bits per heavy atom. The number of hydrogen-bond acceptors (Lipinski definition) is 3. The topological polar surface area (TPSA) is 49.4 Å². The van der Waals surface area contributed by atoms with Gasteiger partial charge in [0.15, 0.2) is 0 Å². The molecule has 1 aliphatic rings. The lowest BCUT2D eigenvalue weighted by atomic mass is 9.92. The predicted molar refractivity (Wildman–Crippen MR) is 118 cm³/mol. The molecule has 0 spiro atoms. The predicted octanol–water partition coefficient (Wildman–Crippen LogP) is 5.46. The molecule has 28 heavy (non-hydrogen) atoms. The van der Waals surface area contributed by atoms with Gasteiger partial charge in [0.05, 0.1) is 5.75 Å². The molecule has 0 saturated carbocycles. The number of thioether (sulfide) groups is 1. The number of nitrogens with one attached hydrogen (secondary N) is 1. The highest BCUT2D eigenvalue weighted by molar-refractivity contribution is 8.00. The van der Waals surface area contributed by atoms with Gasteiger partial charge in [-0.3, -0.25) is 14.5 Å². The van der Waals surface area contributed by atoms with E-state index in [-0.39, 0.29) is 22.6 Å². The van der Waals surface area contributed by atoms with E-state index in [1.54, 1.807) is 11.8 Å². The smallest absolute Gasteiger partial charge is 0.238 e. The second-order valence-corrected chi connectivity index (χ2v) is 9.68. The van der Waals surface area contributed by atoms with E-state index in [2.05, 4.69) is 31.3 Å². The summed E-state index contributed by atoms with van der Waals surface area (Å²) in [5.74, 6) is 0.573. The van der Waals surface area contributed by atoms with Gasteiger partial charge in [0.1, 0.15) is 5.37 Å². The quantitative estimate of drug-likeness (QED) is 0.747. The Bertz CT molecular complexity index is 902. The first-order valence-electron chi connectivity index (χ1n) is 9.55. The summed E-state index contributed by atoms with van der Waals surface area (Å²) in [6.45, 7) is 10.3. The number of rotatable bonds is 4. The van der Waals surface area contributed by atoms with Crippen LogP contribution in [-0.2, 0) is 9.59 Å². The maximum absolute atomic E-state index is 12.6. The highest BCUT2D eigenvalue weighted by atomic mass is 32.2. The molecule has 148 valence electrons. The molecule has 1 saturated heterocycles. The SMILES string of the molecule is Cc1ccc(N2C(=O)CS[C@@H]2c2cccc(NC(=O)CC(C)(C)C)c2)cc1C. The van der Waals surface area contributed by atoms with Crippen LogP contribution in [0.5, 0.6) is 0 Å². The zero-order chi connectivity index (χ0) is 20.5. The number of aryl methyl sites for hydroxylation is 2. The van der Waals surface area contributed by atoms with Crippen molar-refractivity contribution in [3.63, 3.8) is 0 Å². The summed E-state index contributed by atoms with van der Waals surface area (Å²) < 4.78 is 0. The van der Waals surface area contributed by atoms with Crippen molar-refractivity contribution in [1.29, 1.82) is 0 Å². The Balaban J connectivity index is 1.84. The number of benzene rings is 2. The molecular weight excluding hydrogens is 368 g/mol. The van der Waals surface area contributed by atoms with Gasteiger partial charge in [-0.1, -0.05) is 39.0 Å². The van der Waals surface area contributed by atoms with Gasteiger partial charge >= 0.3 is 0 Å². The average molecular weight is 397 g/mol. The van der Waals surface area contributed by atoms with Crippen molar-refractivity contribution in [2.24, 2.45) is 5.41 Å². The molecule has 2 aromatic carbocycles. The van der Waals surface area contributed by atoms with Gasteiger partial charge in [0.2, 0.25) is 11.8 Å². The van der Waals surface area contributed by atoms with Crippen molar-refractivity contribution in [2.75, 3.05) is 16.0 Å². The molecule has 0 aromatic heterocycles. The molecule has 4 nitrogen and oxygen atoms in total. The number of nitrogens with zero attached hydrogens (tertiary/aromatic N) is 1. The lowest BCUT2D eigenvalue weighted by Gasteiger charge is -2.25. The van der Waals surface area contributed by atoms with Gasteiger partial charge in [-0.2, -0.15) is 0 Å². The molecule has 1 N–H and O–H groups in total. The summed E-state index contributed by atoms with van der Waals surface area (Å²) in [5.41, 5.74) is 5.03. The molecule has 0 bridgehead atoms. The number of hydrogen-bond donors (Lipinski definition) is 1. The summed E-state index contributed by atoms with van der Waals surface area (Å²) >= 11 is 1.62. The van der Waals surface area contributed by atoms with E-state index in [1.165, 1.54) is 11.1 Å². The van der Waals surface area contributed by atoms with Gasteiger partial charge in [0.25, 0.3) is 0 Å². The normalized spacial score (nSPS) is 17.1. The van der Waals surface area contributed by atoms with E-state index >= 15 is 0 Å². The molecule has 0 radical (unpaired) electrons. The van der Waals surface area contributed by atoms with Crippen molar-refractivity contribution in [2.45, 2.75) is 46.4 Å². The Hall–Kier alpha value is -2.27. The van der Waals surface area contributed by atoms with Gasteiger partial charge in [-0.25, -0.2) is 0 Å². The molecule has 3 rings (SSSR count). The van der Waals surface area contributed by atoms with Crippen LogP contribution in [0.15, 0.2) is 42.5 Å². The van der Waals surface area contributed by atoms with Crippen LogP contribution in [0, 0.1) is 19.3 Å². The number of amides is 2. The Morgan fingerprint density at radius 1 is 1.14 bits per heavy atom. The van der Waals surface area contributed by atoms with Gasteiger partial charge in [-0.15, -0.1) is 11.8 Å². The molecule has 2 aromatic rings. The van der Waals surface area contributed by atoms with Crippen LogP contribution in [0.1, 0.15) is 49.3 Å². The molecule has 1 atom stereocenters. The largest absolute Gasteiger partial charge is 0.326 e. The number of carbonyl (C=O) groups excluding carboxylic acids is 2. The van der Waals surface area contributed by atoms with E-state index in [0.29, 0.717) is 12.2 Å². The minimum Gasteiger partial charge on any atom is -0.326 e. The van der Waals surface area contributed by atoms with Crippen LogP contribution in [-0.4, -0.2) is 17.6 Å². The maximum Gasteiger partial charge on any atom is 0.238 e. The van der Waals surface area contributed by atoms with Gasteiger partial charge < -0.3 is 5.32 Å². The van der Waals surface area contributed by atoms with Crippen LogP contribution in [0.2, 0.25) is 0 Å². The van der Waals surface area contributed by atoms with Crippen molar-refractivity contribution in [1.82, 2.24) is 0 Å². The van der Waals surface area contributed by atoms with E-state index in [1.807, 2.05) is 56.0 Å². The monoisotopic (exact) mass is 396 g/mol. The third kappa shape index (κ3) is 4.76. The van der Waals surface area contributed by atoms with Crippen LogP contribution < -0.4 is 10.2 Å². The standard InChI is InChI=1S/C23H28N2O2S/c1-15-9-10-19(11-16(15)2)25-21(27)14-28-22(25)17-7-6-8-18(12-17)24-20(26)13-23(3,4)5/h6-12,22H,13-14H2,1-5H3,(H,24,26)/t22-/m1/s1. The Morgan fingerprint density at radius 2 is 1.89 bits per heavy atom.